The fourth-order valence-electron chi connectivity index (χ4n) is 4.47. The third-order valence-corrected chi connectivity index (χ3v) is 7.05. The zero-order valence-electron chi connectivity index (χ0n) is 19.2. The molecule has 0 radical (unpaired) electrons. The van der Waals surface area contributed by atoms with Crippen LogP contribution in [0.3, 0.4) is 0 Å². The molecule has 1 aliphatic heterocycles. The third-order valence-electron chi connectivity index (χ3n) is 6.47. The summed E-state index contributed by atoms with van der Waals surface area (Å²) in [5, 5.41) is 0. The Bertz CT molecular complexity index is 1230. The molecule has 1 atom stereocenters. The second-order valence-corrected chi connectivity index (χ2v) is 9.51. The first-order valence-corrected chi connectivity index (χ1v) is 12.0. The number of nitrogens with zero attached hydrogens (tertiary/aromatic N) is 6. The van der Waals surface area contributed by atoms with Crippen molar-refractivity contribution < 1.29 is 0 Å². The lowest BCUT2D eigenvalue weighted by Crippen LogP contribution is -2.47. The monoisotopic (exact) mass is 505 g/mol. The number of nitrogens with one attached hydrogen (secondary N) is 1. The number of aromatic amines is 1. The molecular formula is C25H28BrN7. The molecule has 33 heavy (non-hydrogen) atoms. The maximum atomic E-state index is 4.79. The van der Waals surface area contributed by atoms with Gasteiger partial charge in [0.05, 0.1) is 10.2 Å². The topological polar surface area (TPSA) is 64.2 Å². The second kappa shape index (κ2) is 9.11. The summed E-state index contributed by atoms with van der Waals surface area (Å²) in [5.74, 6) is 0.840. The summed E-state index contributed by atoms with van der Waals surface area (Å²) in [5.41, 5.74) is 6.38. The van der Waals surface area contributed by atoms with E-state index in [2.05, 4.69) is 88.9 Å². The summed E-state index contributed by atoms with van der Waals surface area (Å²) in [6.45, 7) is 6.14. The average molecular weight is 506 g/mol. The van der Waals surface area contributed by atoms with E-state index in [-0.39, 0.29) is 0 Å². The van der Waals surface area contributed by atoms with E-state index in [0.29, 0.717) is 6.04 Å². The third kappa shape index (κ3) is 4.32. The van der Waals surface area contributed by atoms with Gasteiger partial charge < -0.3 is 14.8 Å². The number of fused-ring (bicyclic) bond motifs is 1. The van der Waals surface area contributed by atoms with Crippen molar-refractivity contribution in [3.63, 3.8) is 0 Å². The normalized spacial score (nSPS) is 15.7. The molecule has 1 unspecified atom stereocenters. The SMILES string of the molecule is CC(c1ccncc1)N1CCN(c2c(Br)cnc3nc(-c4ccc(N(C)C)cc4)[nH]c23)CC1. The summed E-state index contributed by atoms with van der Waals surface area (Å²) in [6.07, 6.45) is 5.61. The van der Waals surface area contributed by atoms with Crippen molar-refractivity contribution >= 4 is 38.5 Å². The number of hydrogen-bond donors (Lipinski definition) is 1. The van der Waals surface area contributed by atoms with Crippen LogP contribution < -0.4 is 9.80 Å². The lowest BCUT2D eigenvalue weighted by molar-refractivity contribution is 0.198. The average Bonchev–Trinajstić information content (AvgIpc) is 3.28. The molecule has 1 aliphatic rings. The molecule has 1 N–H and O–H groups in total. The van der Waals surface area contributed by atoms with Gasteiger partial charge in [-0.05, 0) is 64.8 Å². The smallest absolute Gasteiger partial charge is 0.180 e. The highest BCUT2D eigenvalue weighted by Gasteiger charge is 2.25. The Hall–Kier alpha value is -2.97. The van der Waals surface area contributed by atoms with Crippen LogP contribution in [0.25, 0.3) is 22.6 Å². The molecule has 0 aliphatic carbocycles. The van der Waals surface area contributed by atoms with E-state index < -0.39 is 0 Å². The predicted octanol–water partition coefficient (Wildman–Crippen LogP) is 4.73. The molecule has 4 aromatic rings. The fraction of sp³-hybridized carbons (Fsp3) is 0.320. The Morgan fingerprint density at radius 3 is 2.36 bits per heavy atom. The Morgan fingerprint density at radius 2 is 1.70 bits per heavy atom. The number of pyridine rings is 2. The minimum absolute atomic E-state index is 0.375. The molecule has 8 heteroatoms. The fourth-order valence-corrected chi connectivity index (χ4v) is 5.02. The molecule has 3 aromatic heterocycles. The first-order valence-electron chi connectivity index (χ1n) is 11.2. The second-order valence-electron chi connectivity index (χ2n) is 8.66. The molecule has 7 nitrogen and oxygen atoms in total. The number of halogens is 1. The van der Waals surface area contributed by atoms with Crippen molar-refractivity contribution in [1.29, 1.82) is 0 Å². The van der Waals surface area contributed by atoms with E-state index in [1.165, 1.54) is 5.56 Å². The number of aromatic nitrogens is 4. The van der Waals surface area contributed by atoms with Gasteiger partial charge in [0.25, 0.3) is 0 Å². The lowest BCUT2D eigenvalue weighted by atomic mass is 10.1. The first-order chi connectivity index (χ1) is 16.0. The van der Waals surface area contributed by atoms with Gasteiger partial charge in [-0.3, -0.25) is 9.88 Å². The van der Waals surface area contributed by atoms with Crippen LogP contribution in [0, 0.1) is 0 Å². The summed E-state index contributed by atoms with van der Waals surface area (Å²) in [4.78, 5) is 24.1. The molecule has 5 rings (SSSR count). The summed E-state index contributed by atoms with van der Waals surface area (Å²) >= 11 is 3.75. The van der Waals surface area contributed by atoms with Crippen LogP contribution in [0.4, 0.5) is 11.4 Å². The van der Waals surface area contributed by atoms with Crippen molar-refractivity contribution in [1.82, 2.24) is 24.8 Å². The minimum atomic E-state index is 0.375. The number of anilines is 2. The van der Waals surface area contributed by atoms with E-state index in [1.807, 2.05) is 32.7 Å². The van der Waals surface area contributed by atoms with E-state index in [0.717, 1.165) is 64.6 Å². The van der Waals surface area contributed by atoms with Crippen LogP contribution in [0.2, 0.25) is 0 Å². The van der Waals surface area contributed by atoms with Crippen LogP contribution in [-0.4, -0.2) is 65.1 Å². The highest BCUT2D eigenvalue weighted by Crippen LogP contribution is 2.35. The van der Waals surface area contributed by atoms with Gasteiger partial charge in [-0.1, -0.05) is 0 Å². The van der Waals surface area contributed by atoms with Crippen LogP contribution >= 0.6 is 15.9 Å². The highest BCUT2D eigenvalue weighted by molar-refractivity contribution is 9.10. The van der Waals surface area contributed by atoms with E-state index in [4.69, 9.17) is 4.98 Å². The van der Waals surface area contributed by atoms with Gasteiger partial charge in [0, 0.05) is 76.2 Å². The van der Waals surface area contributed by atoms with Gasteiger partial charge in [0.15, 0.2) is 5.65 Å². The van der Waals surface area contributed by atoms with Crippen molar-refractivity contribution in [2.75, 3.05) is 50.1 Å². The number of hydrogen-bond acceptors (Lipinski definition) is 6. The number of rotatable bonds is 5. The van der Waals surface area contributed by atoms with Gasteiger partial charge in [-0.15, -0.1) is 0 Å². The van der Waals surface area contributed by atoms with Gasteiger partial charge >= 0.3 is 0 Å². The minimum Gasteiger partial charge on any atom is -0.378 e. The molecule has 0 spiro atoms. The van der Waals surface area contributed by atoms with Gasteiger partial charge in [0.1, 0.15) is 11.3 Å². The van der Waals surface area contributed by atoms with Crippen LogP contribution in [0.1, 0.15) is 18.5 Å². The van der Waals surface area contributed by atoms with Crippen molar-refractivity contribution in [2.45, 2.75) is 13.0 Å². The highest BCUT2D eigenvalue weighted by atomic mass is 79.9. The molecule has 4 heterocycles. The molecule has 170 valence electrons. The summed E-state index contributed by atoms with van der Waals surface area (Å²) < 4.78 is 0.990. The van der Waals surface area contributed by atoms with Crippen LogP contribution in [0.5, 0.6) is 0 Å². The molecule has 1 saturated heterocycles. The predicted molar refractivity (Wildman–Crippen MR) is 138 cm³/mol. The standard InChI is InChI=1S/C25H28BrN7/c1-17(18-8-10-27-11-9-18)32-12-14-33(15-13-32)23-21(26)16-28-25-22(23)29-24(30-25)19-4-6-20(7-5-19)31(2)3/h4-11,16-17H,12-15H2,1-3H3,(H,28,29,30). The molecule has 1 fully saturated rings. The Balaban J connectivity index is 1.39. The number of imidazole rings is 1. The first kappa shape index (κ1) is 21.9. The zero-order chi connectivity index (χ0) is 22.9. The van der Waals surface area contributed by atoms with Gasteiger partial charge in [0.2, 0.25) is 0 Å². The summed E-state index contributed by atoms with van der Waals surface area (Å²) in [7, 11) is 4.09. The van der Waals surface area contributed by atoms with Crippen molar-refractivity contribution in [2.24, 2.45) is 0 Å². The number of piperazine rings is 1. The summed E-state index contributed by atoms with van der Waals surface area (Å²) in [6, 6.07) is 13.0. The van der Waals surface area contributed by atoms with E-state index in [1.54, 1.807) is 0 Å². The number of benzene rings is 1. The van der Waals surface area contributed by atoms with E-state index in [9.17, 15) is 0 Å². The van der Waals surface area contributed by atoms with Crippen LogP contribution in [0.15, 0.2) is 59.5 Å². The lowest BCUT2D eigenvalue weighted by Gasteiger charge is -2.39. The Kier molecular flexibility index (Phi) is 6.03. The largest absolute Gasteiger partial charge is 0.378 e. The molecule has 0 bridgehead atoms. The molecular weight excluding hydrogens is 478 g/mol. The van der Waals surface area contributed by atoms with Crippen molar-refractivity contribution in [3.05, 3.63) is 65.0 Å². The quantitative estimate of drug-likeness (QED) is 0.422. The Labute approximate surface area is 202 Å². The maximum Gasteiger partial charge on any atom is 0.180 e. The molecule has 0 saturated carbocycles. The zero-order valence-corrected chi connectivity index (χ0v) is 20.7. The maximum absolute atomic E-state index is 4.79. The molecule has 1 aromatic carbocycles. The number of H-pyrrole nitrogens is 1. The van der Waals surface area contributed by atoms with E-state index >= 15 is 0 Å². The van der Waals surface area contributed by atoms with Crippen LogP contribution in [-0.2, 0) is 0 Å². The molecule has 0 amide bonds. The van der Waals surface area contributed by atoms with Gasteiger partial charge in [-0.2, -0.15) is 0 Å². The Morgan fingerprint density at radius 1 is 1.00 bits per heavy atom. The van der Waals surface area contributed by atoms with Gasteiger partial charge in [-0.25, -0.2) is 9.97 Å². The van der Waals surface area contributed by atoms with Crippen molar-refractivity contribution in [3.8, 4) is 11.4 Å².